The van der Waals surface area contributed by atoms with E-state index in [2.05, 4.69) is 22.0 Å². The second kappa shape index (κ2) is 8.44. The van der Waals surface area contributed by atoms with Gasteiger partial charge in [0.25, 0.3) is 0 Å². The minimum absolute atomic E-state index is 0.122. The molecule has 0 radical (unpaired) electrons. The maximum absolute atomic E-state index is 14.3. The van der Waals surface area contributed by atoms with E-state index in [1.165, 1.54) is 6.07 Å². The van der Waals surface area contributed by atoms with Gasteiger partial charge in [0.15, 0.2) is 11.6 Å². The molecular formula is C24H24ClFN6O. The van der Waals surface area contributed by atoms with Crippen LogP contribution in [0, 0.1) is 12.7 Å². The van der Waals surface area contributed by atoms with Gasteiger partial charge < -0.3 is 24.7 Å². The number of nitrogens with zero attached hydrogens (tertiary/aromatic N) is 5. The Labute approximate surface area is 196 Å². The predicted molar refractivity (Wildman–Crippen MR) is 130 cm³/mol. The first kappa shape index (κ1) is 21.3. The van der Waals surface area contributed by atoms with Gasteiger partial charge >= 0.3 is 0 Å². The quantitative estimate of drug-likeness (QED) is 0.480. The minimum Gasteiger partial charge on any atom is -0.495 e. The summed E-state index contributed by atoms with van der Waals surface area (Å²) in [6.07, 6.45) is 5.55. The number of anilines is 3. The van der Waals surface area contributed by atoms with Crippen LogP contribution in [0.25, 0.3) is 16.9 Å². The maximum Gasteiger partial charge on any atom is 0.188 e. The lowest BCUT2D eigenvalue weighted by molar-refractivity contribution is 0.415. The molecule has 0 amide bonds. The van der Waals surface area contributed by atoms with Crippen molar-refractivity contribution < 1.29 is 9.13 Å². The van der Waals surface area contributed by atoms with Crippen molar-refractivity contribution in [3.8, 4) is 17.0 Å². The van der Waals surface area contributed by atoms with Crippen LogP contribution in [-0.2, 0) is 0 Å². The topological polar surface area (TPSA) is 71.9 Å². The molecule has 1 aliphatic heterocycles. The zero-order valence-electron chi connectivity index (χ0n) is 18.4. The fourth-order valence-electron chi connectivity index (χ4n) is 4.23. The van der Waals surface area contributed by atoms with Crippen molar-refractivity contribution in [1.29, 1.82) is 0 Å². The molecular weight excluding hydrogens is 443 g/mol. The summed E-state index contributed by atoms with van der Waals surface area (Å²) < 4.78 is 21.7. The van der Waals surface area contributed by atoms with E-state index in [-0.39, 0.29) is 5.69 Å². The van der Waals surface area contributed by atoms with Crippen LogP contribution in [0.5, 0.6) is 5.75 Å². The molecule has 1 aromatic carbocycles. The molecule has 4 heterocycles. The van der Waals surface area contributed by atoms with Gasteiger partial charge in [-0.2, -0.15) is 0 Å². The van der Waals surface area contributed by atoms with Crippen LogP contribution in [0.2, 0.25) is 5.02 Å². The van der Waals surface area contributed by atoms with Crippen LogP contribution >= 0.6 is 11.6 Å². The number of aryl methyl sites for hydroxylation is 1. The largest absolute Gasteiger partial charge is 0.495 e. The average Bonchev–Trinajstić information content (AvgIpc) is 3.25. The molecule has 1 fully saturated rings. The molecule has 1 saturated heterocycles. The summed E-state index contributed by atoms with van der Waals surface area (Å²) in [5, 5.41) is 0.555. The Morgan fingerprint density at radius 2 is 1.85 bits per heavy atom. The van der Waals surface area contributed by atoms with E-state index >= 15 is 0 Å². The number of rotatable bonds is 4. The Hall–Kier alpha value is -3.52. The van der Waals surface area contributed by atoms with E-state index in [9.17, 15) is 4.39 Å². The molecule has 1 aliphatic rings. The van der Waals surface area contributed by atoms with Gasteiger partial charge in [0, 0.05) is 62.1 Å². The summed E-state index contributed by atoms with van der Waals surface area (Å²) >= 11 is 6.35. The summed E-state index contributed by atoms with van der Waals surface area (Å²) in [5.41, 5.74) is 10.6. The predicted octanol–water partition coefficient (Wildman–Crippen LogP) is 4.41. The third-order valence-corrected chi connectivity index (χ3v) is 6.36. The smallest absolute Gasteiger partial charge is 0.188 e. The van der Waals surface area contributed by atoms with Gasteiger partial charge in [-0.05, 0) is 36.8 Å². The first-order valence-corrected chi connectivity index (χ1v) is 11.1. The van der Waals surface area contributed by atoms with Crippen LogP contribution in [0.1, 0.15) is 5.56 Å². The molecule has 33 heavy (non-hydrogen) atoms. The summed E-state index contributed by atoms with van der Waals surface area (Å²) in [7, 11) is 1.61. The standard InChI is InChI=1S/C24H24ClFN6O/c1-15-11-21(33-2)18(25)13-17(15)20-14-32-6-4-16(12-22(32)29-20)30-7-9-31(10-8-30)24-23(26)19(27)3-5-28-24/h3-6,11-14H,7-10H2,1-2H3,(H2,27,28). The number of halogens is 2. The first-order chi connectivity index (χ1) is 15.9. The van der Waals surface area contributed by atoms with Crippen molar-refractivity contribution in [3.63, 3.8) is 0 Å². The monoisotopic (exact) mass is 466 g/mol. The summed E-state index contributed by atoms with van der Waals surface area (Å²) in [6.45, 7) is 4.81. The van der Waals surface area contributed by atoms with E-state index in [4.69, 9.17) is 27.1 Å². The highest BCUT2D eigenvalue weighted by molar-refractivity contribution is 6.32. The molecule has 7 nitrogen and oxygen atoms in total. The summed E-state index contributed by atoms with van der Waals surface area (Å²) in [5.74, 6) is 0.513. The van der Waals surface area contributed by atoms with E-state index in [1.807, 2.05) is 40.8 Å². The maximum atomic E-state index is 14.3. The molecule has 4 aromatic rings. The van der Waals surface area contributed by atoms with Gasteiger partial charge in [0.2, 0.25) is 0 Å². The number of ether oxygens (including phenoxy) is 1. The van der Waals surface area contributed by atoms with Crippen LogP contribution in [-0.4, -0.2) is 47.7 Å². The molecule has 3 aromatic heterocycles. The minimum atomic E-state index is -0.453. The van der Waals surface area contributed by atoms with E-state index in [1.54, 1.807) is 13.3 Å². The van der Waals surface area contributed by atoms with Crippen molar-refractivity contribution >= 4 is 34.4 Å². The number of aromatic nitrogens is 3. The Balaban J connectivity index is 1.37. The van der Waals surface area contributed by atoms with Crippen LogP contribution in [0.15, 0.2) is 48.9 Å². The van der Waals surface area contributed by atoms with Crippen molar-refractivity contribution in [3.05, 3.63) is 65.3 Å². The lowest BCUT2D eigenvalue weighted by Crippen LogP contribution is -2.47. The number of fused-ring (bicyclic) bond motifs is 1. The number of nitrogens with two attached hydrogens (primary N) is 1. The van der Waals surface area contributed by atoms with Gasteiger partial charge in [-0.3, -0.25) is 0 Å². The number of piperazine rings is 1. The van der Waals surface area contributed by atoms with E-state index < -0.39 is 5.82 Å². The molecule has 9 heteroatoms. The molecule has 0 bridgehead atoms. The highest BCUT2D eigenvalue weighted by Crippen LogP contribution is 2.33. The fourth-order valence-corrected chi connectivity index (χ4v) is 4.47. The zero-order valence-corrected chi connectivity index (χ0v) is 19.2. The second-order valence-corrected chi connectivity index (χ2v) is 8.50. The molecule has 0 saturated carbocycles. The molecule has 0 atom stereocenters. The summed E-state index contributed by atoms with van der Waals surface area (Å²) in [6, 6.07) is 9.43. The van der Waals surface area contributed by atoms with Gasteiger partial charge in [-0.1, -0.05) is 11.6 Å². The molecule has 170 valence electrons. The molecule has 5 rings (SSSR count). The molecule has 0 aliphatic carbocycles. The SMILES string of the molecule is COc1cc(C)c(-c2cn3ccc(N4CCN(c5nccc(N)c5F)CC4)cc3n2)cc1Cl. The van der Waals surface area contributed by atoms with Gasteiger partial charge in [0.1, 0.15) is 11.4 Å². The Kier molecular flexibility index (Phi) is 5.46. The molecule has 2 N–H and O–H groups in total. The van der Waals surface area contributed by atoms with Gasteiger partial charge in [-0.15, -0.1) is 0 Å². The number of nitrogen functional groups attached to an aromatic ring is 1. The van der Waals surface area contributed by atoms with Crippen LogP contribution < -0.4 is 20.3 Å². The van der Waals surface area contributed by atoms with Gasteiger partial charge in [-0.25, -0.2) is 14.4 Å². The second-order valence-electron chi connectivity index (χ2n) is 8.09. The lowest BCUT2D eigenvalue weighted by Gasteiger charge is -2.36. The number of methoxy groups -OCH3 is 1. The van der Waals surface area contributed by atoms with Crippen molar-refractivity contribution in [2.24, 2.45) is 0 Å². The molecule has 0 unspecified atom stereocenters. The Bertz CT molecular complexity index is 1330. The van der Waals surface area contributed by atoms with E-state index in [0.717, 1.165) is 41.2 Å². The van der Waals surface area contributed by atoms with Crippen molar-refractivity contribution in [1.82, 2.24) is 14.4 Å². The van der Waals surface area contributed by atoms with Crippen LogP contribution in [0.3, 0.4) is 0 Å². The van der Waals surface area contributed by atoms with Gasteiger partial charge in [0.05, 0.1) is 23.5 Å². The fraction of sp³-hybridized carbons (Fsp3) is 0.250. The number of benzene rings is 1. The number of pyridine rings is 2. The third-order valence-electron chi connectivity index (χ3n) is 6.06. The number of imidazole rings is 1. The normalized spacial score (nSPS) is 14.2. The number of hydrogen-bond donors (Lipinski definition) is 1. The average molecular weight is 467 g/mol. The van der Waals surface area contributed by atoms with Crippen molar-refractivity contribution in [2.75, 3.05) is 48.8 Å². The Morgan fingerprint density at radius 3 is 2.61 bits per heavy atom. The number of hydrogen-bond acceptors (Lipinski definition) is 6. The lowest BCUT2D eigenvalue weighted by atomic mass is 10.1. The Morgan fingerprint density at radius 1 is 1.09 bits per heavy atom. The van der Waals surface area contributed by atoms with Crippen molar-refractivity contribution in [2.45, 2.75) is 6.92 Å². The zero-order chi connectivity index (χ0) is 23.1. The first-order valence-electron chi connectivity index (χ1n) is 10.7. The summed E-state index contributed by atoms with van der Waals surface area (Å²) in [4.78, 5) is 13.2. The van der Waals surface area contributed by atoms with Crippen LogP contribution in [0.4, 0.5) is 21.6 Å². The van der Waals surface area contributed by atoms with E-state index in [0.29, 0.717) is 29.7 Å². The highest BCUT2D eigenvalue weighted by atomic mass is 35.5. The molecule has 0 spiro atoms. The third kappa shape index (κ3) is 3.91. The highest BCUT2D eigenvalue weighted by Gasteiger charge is 2.22.